The molecule has 0 aliphatic carbocycles. The van der Waals surface area contributed by atoms with E-state index in [1.54, 1.807) is 0 Å². The fourth-order valence-electron chi connectivity index (χ4n) is 0.944. The number of nitrogens with zero attached hydrogens (tertiary/aromatic N) is 1. The second-order valence-corrected chi connectivity index (χ2v) is 2.22. The molecule has 0 atom stereocenters. The van der Waals surface area contributed by atoms with Gasteiger partial charge in [-0.05, 0) is 0 Å². The number of ether oxygens (including phenoxy) is 2. The third kappa shape index (κ3) is 2.26. The highest BCUT2D eigenvalue weighted by Gasteiger charge is 2.17. The summed E-state index contributed by atoms with van der Waals surface area (Å²) in [6, 6.07) is 0. The average molecular weight is 220 g/mol. The van der Waals surface area contributed by atoms with Gasteiger partial charge < -0.3 is 14.6 Å². The number of hydrogen-bond donors (Lipinski definition) is 1. The summed E-state index contributed by atoms with van der Waals surface area (Å²) in [6.07, 6.45) is 2.65. The molecule has 1 aromatic rings. The summed E-state index contributed by atoms with van der Waals surface area (Å²) in [6.45, 7) is 0. The van der Waals surface area contributed by atoms with Crippen molar-refractivity contribution in [2.24, 2.45) is 0 Å². The summed E-state index contributed by atoms with van der Waals surface area (Å²) < 4.78 is 9.65. The van der Waals surface area contributed by atoms with Crippen LogP contribution in [0.15, 0.2) is 12.4 Å². The predicted molar refractivity (Wildman–Crippen MR) is 51.5 cm³/mol. The highest BCUT2D eigenvalue weighted by Crippen LogP contribution is 2.26. The van der Waals surface area contributed by atoms with Crippen molar-refractivity contribution in [2.45, 2.75) is 0 Å². The van der Waals surface area contributed by atoms with E-state index < -0.39 is 5.97 Å². The first-order valence-electron chi connectivity index (χ1n) is 3.50. The molecule has 1 N–H and O–H groups in total. The standard InChI is InChI=1S/C8H9NO4.ClH/c1-12-5-3-9-4-6(13-2)7(5)8(10)11;/h3-4H,1-2H3,(H,10,11);1H. The van der Waals surface area contributed by atoms with Gasteiger partial charge >= 0.3 is 5.97 Å². The molecule has 1 aromatic heterocycles. The van der Waals surface area contributed by atoms with E-state index in [-0.39, 0.29) is 29.5 Å². The summed E-state index contributed by atoms with van der Waals surface area (Å²) >= 11 is 0. The number of carboxylic acids is 1. The molecule has 0 aliphatic heterocycles. The number of pyridine rings is 1. The van der Waals surface area contributed by atoms with Crippen molar-refractivity contribution < 1.29 is 19.4 Å². The van der Waals surface area contributed by atoms with Gasteiger partial charge in [0.2, 0.25) is 0 Å². The Kier molecular flexibility index (Phi) is 4.72. The lowest BCUT2D eigenvalue weighted by Gasteiger charge is -2.07. The quantitative estimate of drug-likeness (QED) is 0.828. The summed E-state index contributed by atoms with van der Waals surface area (Å²) in [4.78, 5) is 14.5. The Bertz CT molecular complexity index is 307. The summed E-state index contributed by atoms with van der Waals surface area (Å²) in [5.74, 6) is -0.727. The van der Waals surface area contributed by atoms with Crippen LogP contribution in [0.1, 0.15) is 10.4 Å². The lowest BCUT2D eigenvalue weighted by atomic mass is 10.2. The van der Waals surface area contributed by atoms with E-state index in [1.165, 1.54) is 26.6 Å². The number of rotatable bonds is 3. The van der Waals surface area contributed by atoms with Gasteiger partial charge in [-0.3, -0.25) is 4.98 Å². The van der Waals surface area contributed by atoms with Crippen LogP contribution in [0.5, 0.6) is 11.5 Å². The maximum absolute atomic E-state index is 10.8. The second-order valence-electron chi connectivity index (χ2n) is 2.22. The highest BCUT2D eigenvalue weighted by atomic mass is 35.5. The van der Waals surface area contributed by atoms with Gasteiger partial charge in [0.1, 0.15) is 5.56 Å². The molecule has 5 nitrogen and oxygen atoms in total. The lowest BCUT2D eigenvalue weighted by molar-refractivity contribution is 0.0689. The molecule has 78 valence electrons. The van der Waals surface area contributed by atoms with Crippen LogP contribution in [-0.2, 0) is 0 Å². The molecular weight excluding hydrogens is 210 g/mol. The Morgan fingerprint density at radius 1 is 1.29 bits per heavy atom. The first kappa shape index (κ1) is 12.5. The molecule has 0 fully saturated rings. The Balaban J connectivity index is 0.00000169. The summed E-state index contributed by atoms with van der Waals surface area (Å²) in [5, 5.41) is 8.82. The first-order valence-corrected chi connectivity index (χ1v) is 3.50. The number of aromatic carboxylic acids is 1. The Hall–Kier alpha value is -1.49. The summed E-state index contributed by atoms with van der Waals surface area (Å²) in [5.41, 5.74) is -0.0139. The van der Waals surface area contributed by atoms with E-state index in [2.05, 4.69) is 4.98 Å². The number of aromatic nitrogens is 1. The van der Waals surface area contributed by atoms with E-state index in [9.17, 15) is 4.79 Å². The van der Waals surface area contributed by atoms with Crippen LogP contribution in [0.25, 0.3) is 0 Å². The van der Waals surface area contributed by atoms with Gasteiger partial charge in [0.15, 0.2) is 11.5 Å². The zero-order valence-corrected chi connectivity index (χ0v) is 8.50. The molecule has 1 heterocycles. The molecule has 0 bridgehead atoms. The molecule has 6 heteroatoms. The van der Waals surface area contributed by atoms with Crippen molar-refractivity contribution in [1.29, 1.82) is 0 Å². The summed E-state index contributed by atoms with van der Waals surface area (Å²) in [7, 11) is 2.76. The van der Waals surface area contributed by atoms with E-state index in [0.717, 1.165) is 0 Å². The molecule has 0 spiro atoms. The number of carbonyl (C=O) groups is 1. The molecule has 0 amide bonds. The minimum atomic E-state index is -1.10. The predicted octanol–water partition coefficient (Wildman–Crippen LogP) is 1.22. The van der Waals surface area contributed by atoms with Crippen LogP contribution < -0.4 is 9.47 Å². The maximum Gasteiger partial charge on any atom is 0.343 e. The van der Waals surface area contributed by atoms with Gasteiger partial charge in [0.05, 0.1) is 26.6 Å². The topological polar surface area (TPSA) is 68.7 Å². The van der Waals surface area contributed by atoms with E-state index in [4.69, 9.17) is 14.6 Å². The molecule has 1 rings (SSSR count). The van der Waals surface area contributed by atoms with Crippen molar-refractivity contribution >= 4 is 18.4 Å². The van der Waals surface area contributed by atoms with Crippen molar-refractivity contribution in [2.75, 3.05) is 14.2 Å². The van der Waals surface area contributed by atoms with Gasteiger partial charge in [0, 0.05) is 0 Å². The lowest BCUT2D eigenvalue weighted by Crippen LogP contribution is -2.04. The molecule has 14 heavy (non-hydrogen) atoms. The SMILES string of the molecule is COc1cncc(OC)c1C(=O)O.Cl. The smallest absolute Gasteiger partial charge is 0.343 e. The Morgan fingerprint density at radius 3 is 2.00 bits per heavy atom. The fraction of sp³-hybridized carbons (Fsp3) is 0.250. The highest BCUT2D eigenvalue weighted by molar-refractivity contribution is 5.93. The normalized spacial score (nSPS) is 8.71. The van der Waals surface area contributed by atoms with Crippen LogP contribution >= 0.6 is 12.4 Å². The third-order valence-electron chi connectivity index (χ3n) is 1.53. The van der Waals surface area contributed by atoms with E-state index in [1.807, 2.05) is 0 Å². The third-order valence-corrected chi connectivity index (χ3v) is 1.53. The van der Waals surface area contributed by atoms with Gasteiger partial charge in [-0.2, -0.15) is 0 Å². The molecule has 0 aromatic carbocycles. The first-order chi connectivity index (χ1) is 6.20. The molecular formula is C8H10ClNO4. The van der Waals surface area contributed by atoms with Gasteiger partial charge in [-0.15, -0.1) is 12.4 Å². The maximum atomic E-state index is 10.8. The monoisotopic (exact) mass is 219 g/mol. The second kappa shape index (κ2) is 5.29. The number of carboxylic acid groups (broad SMARTS) is 1. The fourth-order valence-corrected chi connectivity index (χ4v) is 0.944. The number of methoxy groups -OCH3 is 2. The largest absolute Gasteiger partial charge is 0.494 e. The van der Waals surface area contributed by atoms with Crippen LogP contribution in [-0.4, -0.2) is 30.3 Å². The van der Waals surface area contributed by atoms with Crippen molar-refractivity contribution in [3.8, 4) is 11.5 Å². The van der Waals surface area contributed by atoms with Gasteiger partial charge in [0.25, 0.3) is 0 Å². The Labute approximate surface area is 87.1 Å². The molecule has 0 saturated heterocycles. The number of hydrogen-bond acceptors (Lipinski definition) is 4. The molecule has 0 unspecified atom stereocenters. The van der Waals surface area contributed by atoms with Gasteiger partial charge in [-0.25, -0.2) is 4.79 Å². The average Bonchev–Trinajstić information content (AvgIpc) is 2.16. The van der Waals surface area contributed by atoms with Crippen LogP contribution in [0, 0.1) is 0 Å². The number of halogens is 1. The molecule has 0 aliphatic rings. The van der Waals surface area contributed by atoms with E-state index >= 15 is 0 Å². The minimum Gasteiger partial charge on any atom is -0.494 e. The van der Waals surface area contributed by atoms with Crippen LogP contribution in [0.2, 0.25) is 0 Å². The van der Waals surface area contributed by atoms with Gasteiger partial charge in [-0.1, -0.05) is 0 Å². The molecule has 0 radical (unpaired) electrons. The Morgan fingerprint density at radius 2 is 1.71 bits per heavy atom. The zero-order chi connectivity index (χ0) is 9.84. The van der Waals surface area contributed by atoms with Crippen LogP contribution in [0.4, 0.5) is 0 Å². The van der Waals surface area contributed by atoms with Crippen molar-refractivity contribution in [1.82, 2.24) is 4.98 Å². The van der Waals surface area contributed by atoms with Crippen LogP contribution in [0.3, 0.4) is 0 Å². The van der Waals surface area contributed by atoms with E-state index in [0.29, 0.717) is 0 Å². The van der Waals surface area contributed by atoms with Crippen molar-refractivity contribution in [3.63, 3.8) is 0 Å². The van der Waals surface area contributed by atoms with Crippen molar-refractivity contribution in [3.05, 3.63) is 18.0 Å². The zero-order valence-electron chi connectivity index (χ0n) is 7.68. The molecule has 0 saturated carbocycles. The minimum absolute atomic E-state index is 0.